The highest BCUT2D eigenvalue weighted by atomic mass is 16.7. The zero-order valence-electron chi connectivity index (χ0n) is 21.6. The first-order valence-corrected chi connectivity index (χ1v) is 12.3. The molecule has 2 aliphatic rings. The molecule has 38 heavy (non-hydrogen) atoms. The van der Waals surface area contributed by atoms with E-state index in [1.807, 2.05) is 0 Å². The number of carbonyl (C=O) groups excluding carboxylic acids is 4. The van der Waals surface area contributed by atoms with Crippen LogP contribution >= 0.6 is 0 Å². The van der Waals surface area contributed by atoms with Gasteiger partial charge < -0.3 is 34.8 Å². The number of hydrogen-bond donors (Lipinski definition) is 4. The van der Waals surface area contributed by atoms with Crippen molar-refractivity contribution in [1.82, 2.24) is 10.2 Å². The number of aryl methyl sites for hydroxylation is 1. The monoisotopic (exact) mass is 534 g/mol. The van der Waals surface area contributed by atoms with Crippen LogP contribution in [0.15, 0.2) is 30.4 Å². The quantitative estimate of drug-likeness (QED) is 0.175. The zero-order valence-corrected chi connectivity index (χ0v) is 21.6. The molecule has 0 spiro atoms. The topological polar surface area (TPSA) is 172 Å². The van der Waals surface area contributed by atoms with Gasteiger partial charge in [0.15, 0.2) is 0 Å². The molecule has 4 N–H and O–H groups in total. The molecule has 1 saturated heterocycles. The van der Waals surface area contributed by atoms with Crippen LogP contribution in [-0.2, 0) is 41.7 Å². The molecule has 4 atom stereocenters. The van der Waals surface area contributed by atoms with E-state index in [1.165, 1.54) is 0 Å². The molecule has 12 nitrogen and oxygen atoms in total. The summed E-state index contributed by atoms with van der Waals surface area (Å²) in [5.74, 6) is -1.66. The molecule has 0 aromatic heterocycles. The second-order valence-electron chi connectivity index (χ2n) is 10.2. The highest BCUT2D eigenvalue weighted by molar-refractivity contribution is 6.14. The van der Waals surface area contributed by atoms with Gasteiger partial charge in [-0.15, -0.1) is 0 Å². The second-order valence-corrected chi connectivity index (χ2v) is 10.2. The Morgan fingerprint density at radius 3 is 2.45 bits per heavy atom. The van der Waals surface area contributed by atoms with Crippen LogP contribution in [0.1, 0.15) is 38.3 Å². The Balaban J connectivity index is 1.61. The molecule has 208 valence electrons. The van der Waals surface area contributed by atoms with E-state index in [2.05, 4.69) is 5.32 Å². The SMILES string of the molecule is CC(C)(C)C(=O)OCc1ccc(CCCNC(=O)CN2C(=O)C=CC2=O)cc1O[C@@H]1OC[C@@H](O)[C@H](O)[C@H]1O. The van der Waals surface area contributed by atoms with Gasteiger partial charge in [0.1, 0.15) is 37.2 Å². The molecule has 3 amide bonds. The Bertz CT molecular complexity index is 1060. The van der Waals surface area contributed by atoms with Gasteiger partial charge in [0, 0.05) is 24.3 Å². The first-order chi connectivity index (χ1) is 17.9. The van der Waals surface area contributed by atoms with E-state index < -0.39 is 53.7 Å². The van der Waals surface area contributed by atoms with Crippen LogP contribution in [0.2, 0.25) is 0 Å². The Hall–Kier alpha value is -3.32. The van der Waals surface area contributed by atoms with E-state index in [0.29, 0.717) is 18.4 Å². The average molecular weight is 535 g/mol. The number of nitrogens with zero attached hydrogens (tertiary/aromatic N) is 1. The molecule has 0 unspecified atom stereocenters. The molecule has 2 aliphatic heterocycles. The third-order valence-electron chi connectivity index (χ3n) is 5.97. The molecule has 1 fully saturated rings. The summed E-state index contributed by atoms with van der Waals surface area (Å²) >= 11 is 0. The van der Waals surface area contributed by atoms with Gasteiger partial charge in [-0.3, -0.25) is 24.1 Å². The normalized spacial score (nSPS) is 23.5. The Morgan fingerprint density at radius 1 is 1.11 bits per heavy atom. The van der Waals surface area contributed by atoms with E-state index in [-0.39, 0.29) is 32.1 Å². The van der Waals surface area contributed by atoms with Gasteiger partial charge in [0.25, 0.3) is 11.8 Å². The van der Waals surface area contributed by atoms with Crippen molar-refractivity contribution in [2.45, 2.75) is 64.8 Å². The maximum atomic E-state index is 12.2. The number of ether oxygens (including phenoxy) is 3. The summed E-state index contributed by atoms with van der Waals surface area (Å²) in [6.07, 6.45) is -2.21. The highest BCUT2D eigenvalue weighted by Crippen LogP contribution is 2.28. The maximum Gasteiger partial charge on any atom is 0.311 e. The molecular formula is C26H34N2O10. The van der Waals surface area contributed by atoms with Crippen LogP contribution in [0.3, 0.4) is 0 Å². The summed E-state index contributed by atoms with van der Waals surface area (Å²) in [5.41, 5.74) is 0.602. The van der Waals surface area contributed by atoms with Gasteiger partial charge in [-0.05, 0) is 45.2 Å². The lowest BCUT2D eigenvalue weighted by Crippen LogP contribution is -2.54. The van der Waals surface area contributed by atoms with Crippen LogP contribution in [0.4, 0.5) is 0 Å². The predicted octanol–water partition coefficient (Wildman–Crippen LogP) is -0.432. The van der Waals surface area contributed by atoms with Crippen molar-refractivity contribution < 1.29 is 48.7 Å². The minimum Gasteiger partial charge on any atom is -0.462 e. The molecule has 0 saturated carbocycles. The van der Waals surface area contributed by atoms with Crippen molar-refractivity contribution in [3.05, 3.63) is 41.5 Å². The molecule has 1 aromatic carbocycles. The molecule has 0 aliphatic carbocycles. The largest absolute Gasteiger partial charge is 0.462 e. The third-order valence-corrected chi connectivity index (χ3v) is 5.97. The number of amides is 3. The van der Waals surface area contributed by atoms with Gasteiger partial charge in [-0.25, -0.2) is 0 Å². The number of carbonyl (C=O) groups is 4. The van der Waals surface area contributed by atoms with E-state index in [1.54, 1.807) is 39.0 Å². The van der Waals surface area contributed by atoms with Crippen LogP contribution in [-0.4, -0.2) is 88.2 Å². The minimum absolute atomic E-state index is 0.0986. The Kier molecular flexibility index (Phi) is 9.60. The van der Waals surface area contributed by atoms with Gasteiger partial charge in [-0.1, -0.05) is 12.1 Å². The summed E-state index contributed by atoms with van der Waals surface area (Å²) in [6, 6.07) is 5.19. The fourth-order valence-corrected chi connectivity index (χ4v) is 3.66. The first-order valence-electron chi connectivity index (χ1n) is 12.3. The van der Waals surface area contributed by atoms with Crippen molar-refractivity contribution >= 4 is 23.7 Å². The van der Waals surface area contributed by atoms with Crippen LogP contribution in [0.5, 0.6) is 5.75 Å². The molecule has 3 rings (SSSR count). The number of esters is 1. The molecular weight excluding hydrogens is 500 g/mol. The molecule has 2 heterocycles. The molecule has 0 radical (unpaired) electrons. The van der Waals surface area contributed by atoms with E-state index in [9.17, 15) is 34.5 Å². The number of imide groups is 1. The Morgan fingerprint density at radius 2 is 1.79 bits per heavy atom. The number of hydrogen-bond acceptors (Lipinski definition) is 10. The molecule has 0 bridgehead atoms. The van der Waals surface area contributed by atoms with Crippen LogP contribution in [0.25, 0.3) is 0 Å². The summed E-state index contributed by atoms with van der Waals surface area (Å²) in [4.78, 5) is 48.3. The lowest BCUT2D eigenvalue weighted by Gasteiger charge is -2.35. The van der Waals surface area contributed by atoms with Crippen molar-refractivity contribution in [2.24, 2.45) is 5.41 Å². The number of aliphatic hydroxyl groups excluding tert-OH is 3. The summed E-state index contributed by atoms with van der Waals surface area (Å²) in [7, 11) is 0. The summed E-state index contributed by atoms with van der Waals surface area (Å²) in [6.45, 7) is 4.79. The zero-order chi connectivity index (χ0) is 28.0. The van der Waals surface area contributed by atoms with Crippen LogP contribution < -0.4 is 10.1 Å². The predicted molar refractivity (Wildman–Crippen MR) is 131 cm³/mol. The summed E-state index contributed by atoms with van der Waals surface area (Å²) in [5, 5.41) is 32.6. The minimum atomic E-state index is -1.51. The lowest BCUT2D eigenvalue weighted by molar-refractivity contribution is -0.242. The summed E-state index contributed by atoms with van der Waals surface area (Å²) < 4.78 is 16.6. The fraction of sp³-hybridized carbons (Fsp3) is 0.538. The van der Waals surface area contributed by atoms with E-state index in [0.717, 1.165) is 22.6 Å². The number of benzene rings is 1. The van der Waals surface area contributed by atoms with Gasteiger partial charge in [0.05, 0.1) is 12.0 Å². The van der Waals surface area contributed by atoms with Crippen molar-refractivity contribution in [1.29, 1.82) is 0 Å². The highest BCUT2D eigenvalue weighted by Gasteiger charge is 2.39. The second kappa shape index (κ2) is 12.5. The van der Waals surface area contributed by atoms with Crippen molar-refractivity contribution in [3.8, 4) is 5.75 Å². The smallest absolute Gasteiger partial charge is 0.311 e. The van der Waals surface area contributed by atoms with E-state index >= 15 is 0 Å². The van der Waals surface area contributed by atoms with Crippen molar-refractivity contribution in [3.63, 3.8) is 0 Å². The molecule has 1 aromatic rings. The standard InChI is InChI=1S/C26H34N2O10/c1-26(2,3)25(35)37-13-16-7-6-15(11-18(16)38-24-23(34)22(33)17(29)14-36-24)5-4-10-27-19(30)12-28-20(31)8-9-21(28)32/h6-9,11,17,22-24,29,33-34H,4-5,10,12-14H2,1-3H3,(H,27,30)/t17-,22+,23-,24+/m1/s1. The third kappa shape index (κ3) is 7.60. The van der Waals surface area contributed by atoms with Gasteiger partial charge in [0.2, 0.25) is 12.2 Å². The maximum absolute atomic E-state index is 12.2. The van der Waals surface area contributed by atoms with Gasteiger partial charge >= 0.3 is 5.97 Å². The Labute approximate surface area is 220 Å². The van der Waals surface area contributed by atoms with Crippen LogP contribution in [0, 0.1) is 5.41 Å². The van der Waals surface area contributed by atoms with E-state index in [4.69, 9.17) is 14.2 Å². The average Bonchev–Trinajstić information content (AvgIpc) is 3.17. The van der Waals surface area contributed by atoms with Gasteiger partial charge in [-0.2, -0.15) is 0 Å². The number of rotatable bonds is 10. The molecule has 12 heteroatoms. The number of nitrogens with one attached hydrogen (secondary N) is 1. The fourth-order valence-electron chi connectivity index (χ4n) is 3.66. The number of aliphatic hydroxyl groups is 3. The first kappa shape index (κ1) is 29.2. The lowest BCUT2D eigenvalue weighted by atomic mass is 9.97. The van der Waals surface area contributed by atoms with Crippen molar-refractivity contribution in [2.75, 3.05) is 19.7 Å².